The fraction of sp³-hybridized carbons (Fsp3) is 0.600. The highest BCUT2D eigenvalue weighted by Crippen LogP contribution is 2.38. The van der Waals surface area contributed by atoms with Crippen molar-refractivity contribution in [3.8, 4) is 11.5 Å². The SMILES string of the molecule is CCNC1CC(C(C)C)Oc2cc(OC)ccc21. The number of rotatable bonds is 4. The molecule has 1 aromatic carbocycles. The molecule has 0 spiro atoms. The number of nitrogens with one attached hydrogen (secondary N) is 1. The first-order valence-electron chi connectivity index (χ1n) is 6.73. The van der Waals surface area contributed by atoms with Crippen molar-refractivity contribution in [1.82, 2.24) is 5.32 Å². The minimum Gasteiger partial charge on any atom is -0.497 e. The third-order valence-corrected chi connectivity index (χ3v) is 3.54. The predicted octanol–water partition coefficient (Wildman–Crippen LogP) is 3.15. The predicted molar refractivity (Wildman–Crippen MR) is 73.3 cm³/mol. The third-order valence-electron chi connectivity index (χ3n) is 3.54. The number of methoxy groups -OCH3 is 1. The summed E-state index contributed by atoms with van der Waals surface area (Å²) in [5.74, 6) is 2.34. The van der Waals surface area contributed by atoms with Crippen LogP contribution in [0.3, 0.4) is 0 Å². The molecule has 1 N–H and O–H groups in total. The minimum atomic E-state index is 0.272. The molecule has 1 aliphatic heterocycles. The Morgan fingerprint density at radius 2 is 2.22 bits per heavy atom. The molecule has 3 heteroatoms. The molecule has 1 aliphatic rings. The summed E-state index contributed by atoms with van der Waals surface area (Å²) in [6.45, 7) is 7.53. The van der Waals surface area contributed by atoms with Crippen LogP contribution in [0.25, 0.3) is 0 Å². The Balaban J connectivity index is 2.31. The van der Waals surface area contributed by atoms with E-state index in [4.69, 9.17) is 9.47 Å². The molecular formula is C15H23NO2. The van der Waals surface area contributed by atoms with Gasteiger partial charge in [0.2, 0.25) is 0 Å². The average molecular weight is 249 g/mol. The lowest BCUT2D eigenvalue weighted by Gasteiger charge is -2.34. The lowest BCUT2D eigenvalue weighted by Crippen LogP contribution is -2.35. The summed E-state index contributed by atoms with van der Waals surface area (Å²) in [6, 6.07) is 6.49. The summed E-state index contributed by atoms with van der Waals surface area (Å²) in [5, 5.41) is 3.54. The molecule has 0 aliphatic carbocycles. The van der Waals surface area contributed by atoms with Crippen LogP contribution in [-0.2, 0) is 0 Å². The van der Waals surface area contributed by atoms with Crippen LogP contribution in [0.4, 0.5) is 0 Å². The van der Waals surface area contributed by atoms with Gasteiger partial charge >= 0.3 is 0 Å². The van der Waals surface area contributed by atoms with Crippen molar-refractivity contribution >= 4 is 0 Å². The highest BCUT2D eigenvalue weighted by Gasteiger charge is 2.29. The van der Waals surface area contributed by atoms with E-state index in [-0.39, 0.29) is 6.10 Å². The molecule has 0 radical (unpaired) electrons. The summed E-state index contributed by atoms with van der Waals surface area (Å²) in [7, 11) is 1.69. The maximum atomic E-state index is 6.09. The first kappa shape index (κ1) is 13.2. The van der Waals surface area contributed by atoms with E-state index in [2.05, 4.69) is 32.2 Å². The van der Waals surface area contributed by atoms with E-state index >= 15 is 0 Å². The second-order valence-electron chi connectivity index (χ2n) is 5.15. The van der Waals surface area contributed by atoms with Gasteiger partial charge in [-0.15, -0.1) is 0 Å². The van der Waals surface area contributed by atoms with Crippen molar-refractivity contribution in [3.63, 3.8) is 0 Å². The quantitative estimate of drug-likeness (QED) is 0.889. The lowest BCUT2D eigenvalue weighted by molar-refractivity contribution is 0.107. The maximum Gasteiger partial charge on any atom is 0.128 e. The van der Waals surface area contributed by atoms with Gasteiger partial charge in [-0.05, 0) is 18.5 Å². The second-order valence-corrected chi connectivity index (χ2v) is 5.15. The molecule has 2 unspecified atom stereocenters. The molecule has 1 heterocycles. The summed E-state index contributed by atoms with van der Waals surface area (Å²) in [4.78, 5) is 0. The van der Waals surface area contributed by atoms with Crippen LogP contribution in [0.5, 0.6) is 11.5 Å². The van der Waals surface area contributed by atoms with Crippen LogP contribution in [0.1, 0.15) is 38.8 Å². The van der Waals surface area contributed by atoms with Crippen molar-refractivity contribution < 1.29 is 9.47 Å². The third kappa shape index (κ3) is 2.61. The number of fused-ring (bicyclic) bond motifs is 1. The summed E-state index contributed by atoms with van der Waals surface area (Å²) in [5.41, 5.74) is 1.24. The van der Waals surface area contributed by atoms with Crippen LogP contribution in [0.15, 0.2) is 18.2 Å². The number of benzene rings is 1. The maximum absolute atomic E-state index is 6.09. The van der Waals surface area contributed by atoms with E-state index < -0.39 is 0 Å². The summed E-state index contributed by atoms with van der Waals surface area (Å²) >= 11 is 0. The number of hydrogen-bond acceptors (Lipinski definition) is 3. The Labute approximate surface area is 109 Å². The van der Waals surface area contributed by atoms with E-state index in [0.29, 0.717) is 12.0 Å². The Morgan fingerprint density at radius 1 is 1.44 bits per heavy atom. The van der Waals surface area contributed by atoms with Gasteiger partial charge in [0.1, 0.15) is 17.6 Å². The van der Waals surface area contributed by atoms with Gasteiger partial charge in [0.05, 0.1) is 7.11 Å². The molecule has 18 heavy (non-hydrogen) atoms. The van der Waals surface area contributed by atoms with Crippen molar-refractivity contribution in [2.75, 3.05) is 13.7 Å². The van der Waals surface area contributed by atoms with Crippen LogP contribution in [-0.4, -0.2) is 19.8 Å². The van der Waals surface area contributed by atoms with Crippen molar-refractivity contribution in [2.24, 2.45) is 5.92 Å². The molecule has 0 aromatic heterocycles. The molecule has 2 rings (SSSR count). The van der Waals surface area contributed by atoms with Crippen LogP contribution in [0.2, 0.25) is 0 Å². The van der Waals surface area contributed by atoms with Gasteiger partial charge < -0.3 is 14.8 Å². The van der Waals surface area contributed by atoms with Gasteiger partial charge in [0.25, 0.3) is 0 Å². The molecule has 0 fully saturated rings. The summed E-state index contributed by atoms with van der Waals surface area (Å²) < 4.78 is 11.4. The Bertz CT molecular complexity index is 403. The van der Waals surface area contributed by atoms with E-state index in [0.717, 1.165) is 24.5 Å². The van der Waals surface area contributed by atoms with Crippen molar-refractivity contribution in [2.45, 2.75) is 39.3 Å². The Kier molecular flexibility index (Phi) is 4.12. The smallest absolute Gasteiger partial charge is 0.128 e. The molecule has 100 valence electrons. The van der Waals surface area contributed by atoms with E-state index in [1.165, 1.54) is 5.56 Å². The second kappa shape index (κ2) is 5.61. The number of hydrogen-bond donors (Lipinski definition) is 1. The molecule has 3 nitrogen and oxygen atoms in total. The highest BCUT2D eigenvalue weighted by atomic mass is 16.5. The number of ether oxygens (including phenoxy) is 2. The fourth-order valence-corrected chi connectivity index (χ4v) is 2.45. The van der Waals surface area contributed by atoms with Gasteiger partial charge in [-0.25, -0.2) is 0 Å². The van der Waals surface area contributed by atoms with Gasteiger partial charge in [0.15, 0.2) is 0 Å². The molecular weight excluding hydrogens is 226 g/mol. The monoisotopic (exact) mass is 249 g/mol. The van der Waals surface area contributed by atoms with Crippen LogP contribution >= 0.6 is 0 Å². The first-order chi connectivity index (χ1) is 8.65. The van der Waals surface area contributed by atoms with E-state index in [9.17, 15) is 0 Å². The first-order valence-corrected chi connectivity index (χ1v) is 6.73. The minimum absolute atomic E-state index is 0.272. The standard InChI is InChI=1S/C15H23NO2/c1-5-16-13-9-14(10(2)3)18-15-8-11(17-4)6-7-12(13)15/h6-8,10,13-14,16H,5,9H2,1-4H3. The van der Waals surface area contributed by atoms with E-state index in [1.54, 1.807) is 7.11 Å². The Morgan fingerprint density at radius 3 is 2.83 bits per heavy atom. The molecule has 0 saturated carbocycles. The van der Waals surface area contributed by atoms with Crippen LogP contribution < -0.4 is 14.8 Å². The highest BCUT2D eigenvalue weighted by molar-refractivity contribution is 5.44. The zero-order valence-corrected chi connectivity index (χ0v) is 11.7. The molecule has 0 saturated heterocycles. The van der Waals surface area contributed by atoms with Gasteiger partial charge in [-0.1, -0.05) is 26.8 Å². The lowest BCUT2D eigenvalue weighted by atomic mass is 9.91. The Hall–Kier alpha value is -1.22. The largest absolute Gasteiger partial charge is 0.497 e. The topological polar surface area (TPSA) is 30.5 Å². The average Bonchev–Trinajstić information content (AvgIpc) is 2.38. The fourth-order valence-electron chi connectivity index (χ4n) is 2.45. The molecule has 0 bridgehead atoms. The normalized spacial score (nSPS) is 22.5. The van der Waals surface area contributed by atoms with Gasteiger partial charge in [0, 0.05) is 24.1 Å². The van der Waals surface area contributed by atoms with Gasteiger partial charge in [-0.2, -0.15) is 0 Å². The van der Waals surface area contributed by atoms with Crippen LogP contribution in [0, 0.1) is 5.92 Å². The van der Waals surface area contributed by atoms with Crippen molar-refractivity contribution in [1.29, 1.82) is 0 Å². The molecule has 2 atom stereocenters. The molecule has 0 amide bonds. The van der Waals surface area contributed by atoms with Crippen molar-refractivity contribution in [3.05, 3.63) is 23.8 Å². The zero-order chi connectivity index (χ0) is 13.1. The van der Waals surface area contributed by atoms with Gasteiger partial charge in [-0.3, -0.25) is 0 Å². The summed E-state index contributed by atoms with van der Waals surface area (Å²) in [6.07, 6.45) is 1.30. The molecule has 1 aromatic rings. The van der Waals surface area contributed by atoms with E-state index in [1.807, 2.05) is 12.1 Å². The zero-order valence-electron chi connectivity index (χ0n) is 11.7.